The van der Waals surface area contributed by atoms with E-state index in [0.717, 1.165) is 0 Å². The maximum absolute atomic E-state index is 10.7. The Hall–Kier alpha value is 0.327. The zero-order valence-corrected chi connectivity index (χ0v) is 6.18. The summed E-state index contributed by atoms with van der Waals surface area (Å²) in [6, 6.07) is 0. The van der Waals surface area contributed by atoms with Gasteiger partial charge in [-0.2, -0.15) is 0 Å². The Bertz CT molecular complexity index is 169. The summed E-state index contributed by atoms with van der Waals surface area (Å²) in [6.45, 7) is 1.83. The van der Waals surface area contributed by atoms with Crippen molar-refractivity contribution in [2.24, 2.45) is 0 Å². The summed E-state index contributed by atoms with van der Waals surface area (Å²) in [5.41, 5.74) is 0. The van der Waals surface area contributed by atoms with Crippen LogP contribution in [0.1, 0.15) is 0 Å². The van der Waals surface area contributed by atoms with Gasteiger partial charge in [0.1, 0.15) is 6.23 Å². The van der Waals surface area contributed by atoms with E-state index in [4.69, 9.17) is 12.9 Å². The maximum Gasteiger partial charge on any atom is 0.458 e. The van der Waals surface area contributed by atoms with Crippen molar-refractivity contribution >= 4 is 16.4 Å². The van der Waals surface area contributed by atoms with Crippen molar-refractivity contribution in [2.75, 3.05) is 6.23 Å². The van der Waals surface area contributed by atoms with Crippen LogP contribution in [-0.2, 0) is 17.5 Å². The molecule has 0 amide bonds. The van der Waals surface area contributed by atoms with Crippen LogP contribution in [0.2, 0.25) is 6.55 Å². The van der Waals surface area contributed by atoms with E-state index in [1.807, 2.05) is 6.55 Å². The first-order chi connectivity index (χ1) is 3.62. The molecule has 0 aliphatic carbocycles. The van der Waals surface area contributed by atoms with E-state index < -0.39 is 16.4 Å². The van der Waals surface area contributed by atoms with Crippen molar-refractivity contribution in [1.29, 1.82) is 0 Å². The number of phosphoric acid groups is 1. The first kappa shape index (κ1) is 5.14. The molecule has 3 saturated heterocycles. The summed E-state index contributed by atoms with van der Waals surface area (Å²) in [6.07, 6.45) is 0.435. The summed E-state index contributed by atoms with van der Waals surface area (Å²) in [4.78, 5) is 0. The number of rotatable bonds is 0. The molecule has 3 heterocycles. The number of fused-ring (bicyclic) bond motifs is 1. The summed E-state index contributed by atoms with van der Waals surface area (Å²) in [5, 5.41) is 0. The van der Waals surface area contributed by atoms with Crippen molar-refractivity contribution in [3.63, 3.8) is 0 Å². The molecule has 3 aliphatic rings. The fourth-order valence-electron chi connectivity index (χ4n) is 0.782. The number of hydrogen-bond donors (Lipinski definition) is 0. The third-order valence-electron chi connectivity index (χ3n) is 1.09. The molecule has 3 rings (SSSR count). The van der Waals surface area contributed by atoms with Crippen LogP contribution in [0.5, 0.6) is 0 Å². The Morgan fingerprint density at radius 3 is 2.38 bits per heavy atom. The number of hydrogen-bond acceptors (Lipinski definition) is 4. The van der Waals surface area contributed by atoms with E-state index in [1.165, 1.54) is 0 Å². The zero-order valence-electron chi connectivity index (χ0n) is 4.29. The second-order valence-corrected chi connectivity index (χ2v) is 7.21. The monoisotopic (exact) mass is 152 g/mol. The predicted molar refractivity (Wildman–Crippen MR) is 27.3 cm³/mol. The largest absolute Gasteiger partial charge is 0.458 e. The minimum Gasteiger partial charge on any atom is -0.300 e. The highest BCUT2D eigenvalue weighted by atomic mass is 31.2. The molecule has 0 unspecified atom stereocenters. The SMILES string of the molecule is C[Si]12COP(=O)(O1)O2. The molecule has 0 atom stereocenters. The predicted octanol–water partition coefficient (Wildman–Crippen LogP) is 0.783. The summed E-state index contributed by atoms with van der Waals surface area (Å²) >= 11 is 0. The van der Waals surface area contributed by atoms with Gasteiger partial charge in [-0.05, 0) is 6.55 Å². The van der Waals surface area contributed by atoms with E-state index in [1.54, 1.807) is 0 Å². The van der Waals surface area contributed by atoms with Gasteiger partial charge in [0.15, 0.2) is 0 Å². The molecule has 46 valence electrons. The smallest absolute Gasteiger partial charge is 0.300 e. The van der Waals surface area contributed by atoms with Crippen molar-refractivity contribution in [3.8, 4) is 0 Å². The molecule has 3 aliphatic heterocycles. The first-order valence-electron chi connectivity index (χ1n) is 2.28. The molecule has 0 N–H and O–H groups in total. The third-order valence-corrected chi connectivity index (χ3v) is 7.33. The van der Waals surface area contributed by atoms with Gasteiger partial charge in [-0.3, -0.25) is 12.9 Å². The standard InChI is InChI=1S/C2H5O4PSi/c1-8-2-4-7(3,5-8)6-8/h2H2,1H3. The molecular formula is C2H5O4PSi. The Balaban J connectivity index is 2.34. The molecule has 4 nitrogen and oxygen atoms in total. The molecule has 0 saturated carbocycles. The van der Waals surface area contributed by atoms with E-state index in [9.17, 15) is 4.57 Å². The minimum absolute atomic E-state index is 0.435. The molecule has 0 aromatic rings. The van der Waals surface area contributed by atoms with Crippen LogP contribution < -0.4 is 0 Å². The second-order valence-electron chi connectivity index (χ2n) is 2.04. The van der Waals surface area contributed by atoms with Gasteiger partial charge in [-0.15, -0.1) is 0 Å². The molecular weight excluding hydrogens is 147 g/mol. The van der Waals surface area contributed by atoms with E-state index in [-0.39, 0.29) is 0 Å². The van der Waals surface area contributed by atoms with Gasteiger partial charge in [0.25, 0.3) is 0 Å². The van der Waals surface area contributed by atoms with Crippen LogP contribution in [0, 0.1) is 0 Å². The first-order valence-corrected chi connectivity index (χ1v) is 6.26. The van der Waals surface area contributed by atoms with Gasteiger partial charge in [0.05, 0.1) is 0 Å². The molecule has 0 radical (unpaired) electrons. The zero-order chi connectivity index (χ0) is 5.83. The van der Waals surface area contributed by atoms with E-state index in [0.29, 0.717) is 6.23 Å². The average Bonchev–Trinajstić information content (AvgIpc) is 1.88. The van der Waals surface area contributed by atoms with Crippen LogP contribution in [-0.4, -0.2) is 14.8 Å². The summed E-state index contributed by atoms with van der Waals surface area (Å²) in [5.74, 6) is 0. The van der Waals surface area contributed by atoms with Gasteiger partial charge in [0, 0.05) is 0 Å². The van der Waals surface area contributed by atoms with Gasteiger partial charge in [-0.1, -0.05) is 0 Å². The Morgan fingerprint density at radius 1 is 1.62 bits per heavy atom. The maximum atomic E-state index is 10.7. The lowest BCUT2D eigenvalue weighted by Gasteiger charge is -2.27. The lowest BCUT2D eigenvalue weighted by atomic mass is 11.7. The van der Waals surface area contributed by atoms with Crippen LogP contribution in [0.4, 0.5) is 0 Å². The lowest BCUT2D eigenvalue weighted by molar-refractivity contribution is 0.233. The second kappa shape index (κ2) is 1.10. The highest BCUT2D eigenvalue weighted by Gasteiger charge is 2.64. The Morgan fingerprint density at radius 2 is 2.25 bits per heavy atom. The van der Waals surface area contributed by atoms with Crippen molar-refractivity contribution in [1.82, 2.24) is 0 Å². The quantitative estimate of drug-likeness (QED) is 0.380. The molecule has 0 aromatic heterocycles. The van der Waals surface area contributed by atoms with Crippen molar-refractivity contribution < 1.29 is 17.5 Å². The van der Waals surface area contributed by atoms with Crippen LogP contribution in [0.3, 0.4) is 0 Å². The van der Waals surface area contributed by atoms with Crippen LogP contribution in [0.25, 0.3) is 0 Å². The lowest BCUT2D eigenvalue weighted by Crippen LogP contribution is -2.41. The molecule has 8 heavy (non-hydrogen) atoms. The molecule has 0 spiro atoms. The van der Waals surface area contributed by atoms with E-state index in [2.05, 4.69) is 0 Å². The molecule has 3 fully saturated rings. The summed E-state index contributed by atoms with van der Waals surface area (Å²) < 4.78 is 25.1. The van der Waals surface area contributed by atoms with Crippen LogP contribution in [0.15, 0.2) is 0 Å². The van der Waals surface area contributed by atoms with Crippen LogP contribution >= 0.6 is 7.82 Å². The van der Waals surface area contributed by atoms with Gasteiger partial charge in [0.2, 0.25) is 0 Å². The molecule has 2 bridgehead atoms. The minimum atomic E-state index is -2.90. The summed E-state index contributed by atoms with van der Waals surface area (Å²) in [7, 11) is -4.86. The molecule has 0 aromatic carbocycles. The highest BCUT2D eigenvalue weighted by molar-refractivity contribution is 7.57. The van der Waals surface area contributed by atoms with E-state index >= 15 is 0 Å². The van der Waals surface area contributed by atoms with Crippen molar-refractivity contribution in [3.05, 3.63) is 0 Å². The van der Waals surface area contributed by atoms with Crippen molar-refractivity contribution in [2.45, 2.75) is 6.55 Å². The highest BCUT2D eigenvalue weighted by Crippen LogP contribution is 2.68. The average molecular weight is 152 g/mol. The third kappa shape index (κ3) is 0.481. The van der Waals surface area contributed by atoms with Gasteiger partial charge >= 0.3 is 16.4 Å². The van der Waals surface area contributed by atoms with Gasteiger partial charge in [-0.25, -0.2) is 4.57 Å². The fourth-order valence-corrected chi connectivity index (χ4v) is 7.03. The Labute approximate surface area is 47.6 Å². The topological polar surface area (TPSA) is 44.8 Å². The molecule has 6 heteroatoms. The van der Waals surface area contributed by atoms with Gasteiger partial charge < -0.3 is 0 Å². The normalized spacial score (nSPS) is 60.6. The fraction of sp³-hybridized carbons (Fsp3) is 1.00. The Kier molecular flexibility index (Phi) is 0.707.